The van der Waals surface area contributed by atoms with Crippen molar-refractivity contribution in [3.8, 4) is 51.7 Å². The highest BCUT2D eigenvalue weighted by molar-refractivity contribution is 5.70. The fraction of sp³-hybridized carbons (Fsp3) is 0.368. The van der Waals surface area contributed by atoms with Gasteiger partial charge in [-0.05, 0) is 97.9 Å². The second-order valence-electron chi connectivity index (χ2n) is 12.3. The molecule has 8 rings (SSSR count). The molecule has 0 amide bonds. The van der Waals surface area contributed by atoms with Gasteiger partial charge in [-0.1, -0.05) is 18.2 Å². The Hall–Kier alpha value is -4.60. The van der Waals surface area contributed by atoms with E-state index in [4.69, 9.17) is 33.2 Å². The number of rotatable bonds is 5. The lowest BCUT2D eigenvalue weighted by atomic mass is 9.86. The van der Waals surface area contributed by atoms with E-state index < -0.39 is 0 Å². The predicted octanol–water partition coefficient (Wildman–Crippen LogP) is 6.83. The lowest BCUT2D eigenvalue weighted by Gasteiger charge is -2.38. The Morgan fingerprint density at radius 3 is 2.15 bits per heavy atom. The molecule has 0 spiro atoms. The van der Waals surface area contributed by atoms with E-state index in [-0.39, 0.29) is 12.1 Å². The maximum Gasteiger partial charge on any atom is 0.208 e. The number of nitrogens with zero attached hydrogens (tertiary/aromatic N) is 1. The van der Waals surface area contributed by atoms with Gasteiger partial charge in [0.15, 0.2) is 34.5 Å². The quantitative estimate of drug-likeness (QED) is 0.253. The molecule has 6 bridgehead atoms. The van der Waals surface area contributed by atoms with Crippen LogP contribution in [0.25, 0.3) is 0 Å². The van der Waals surface area contributed by atoms with E-state index in [1.165, 1.54) is 16.7 Å². The monoisotopic (exact) mass is 638 g/mol. The first-order valence-electron chi connectivity index (χ1n) is 16.1. The number of benzene rings is 4. The minimum atomic E-state index is -0.0834. The second-order valence-corrected chi connectivity index (χ2v) is 12.3. The van der Waals surface area contributed by atoms with E-state index in [1.807, 2.05) is 18.2 Å². The topological polar surface area (TPSA) is 79.9 Å². The normalized spacial score (nSPS) is 18.5. The van der Waals surface area contributed by atoms with E-state index >= 15 is 0 Å². The van der Waals surface area contributed by atoms with Gasteiger partial charge in [-0.2, -0.15) is 0 Å². The van der Waals surface area contributed by atoms with Crippen molar-refractivity contribution in [3.63, 3.8) is 0 Å². The van der Waals surface area contributed by atoms with Gasteiger partial charge in [-0.15, -0.1) is 0 Å². The van der Waals surface area contributed by atoms with Crippen LogP contribution >= 0.6 is 0 Å². The summed E-state index contributed by atoms with van der Waals surface area (Å²) < 4.78 is 43.2. The van der Waals surface area contributed by atoms with E-state index in [9.17, 15) is 0 Å². The zero-order chi connectivity index (χ0) is 32.7. The van der Waals surface area contributed by atoms with E-state index in [2.05, 4.69) is 53.7 Å². The molecule has 4 aromatic carbocycles. The van der Waals surface area contributed by atoms with Crippen LogP contribution in [0.4, 0.5) is 0 Å². The van der Waals surface area contributed by atoms with Crippen LogP contribution in [0.2, 0.25) is 0 Å². The zero-order valence-electron chi connectivity index (χ0n) is 27.9. The van der Waals surface area contributed by atoms with E-state index in [0.29, 0.717) is 52.4 Å². The van der Waals surface area contributed by atoms with Crippen molar-refractivity contribution in [1.82, 2.24) is 10.2 Å². The summed E-state index contributed by atoms with van der Waals surface area (Å²) in [6, 6.07) is 18.7. The van der Waals surface area contributed by atoms with Gasteiger partial charge in [0, 0.05) is 29.8 Å². The largest absolute Gasteiger partial charge is 0.493 e. The first kappa shape index (κ1) is 31.0. The van der Waals surface area contributed by atoms with Gasteiger partial charge in [0.2, 0.25) is 11.5 Å². The van der Waals surface area contributed by atoms with Crippen LogP contribution in [0.1, 0.15) is 45.5 Å². The summed E-state index contributed by atoms with van der Waals surface area (Å²) in [6.07, 6.45) is 3.13. The fourth-order valence-corrected chi connectivity index (χ4v) is 7.32. The molecule has 4 heterocycles. The van der Waals surface area contributed by atoms with Crippen molar-refractivity contribution >= 4 is 0 Å². The molecule has 9 nitrogen and oxygen atoms in total. The smallest absolute Gasteiger partial charge is 0.208 e. The molecule has 0 saturated heterocycles. The third-order valence-corrected chi connectivity index (χ3v) is 9.70. The van der Waals surface area contributed by atoms with Gasteiger partial charge in [0.1, 0.15) is 5.75 Å². The Morgan fingerprint density at radius 2 is 1.43 bits per heavy atom. The minimum Gasteiger partial charge on any atom is -0.493 e. The molecule has 0 saturated carbocycles. The summed E-state index contributed by atoms with van der Waals surface area (Å²) in [5.74, 6) is 5.63. The van der Waals surface area contributed by atoms with Gasteiger partial charge < -0.3 is 38.5 Å². The van der Waals surface area contributed by atoms with E-state index in [0.717, 1.165) is 54.8 Å². The number of hydrogen-bond acceptors (Lipinski definition) is 9. The summed E-state index contributed by atoms with van der Waals surface area (Å²) in [4.78, 5) is 2.35. The molecule has 1 N–H and O–H groups in total. The van der Waals surface area contributed by atoms with Crippen LogP contribution in [0.5, 0.6) is 51.7 Å². The predicted molar refractivity (Wildman–Crippen MR) is 180 cm³/mol. The van der Waals surface area contributed by atoms with Crippen LogP contribution in [0, 0.1) is 0 Å². The van der Waals surface area contributed by atoms with E-state index in [1.54, 1.807) is 35.5 Å². The summed E-state index contributed by atoms with van der Waals surface area (Å²) in [7, 11) is 10.4. The Labute approximate surface area is 276 Å². The van der Waals surface area contributed by atoms with Crippen LogP contribution in [0.3, 0.4) is 0 Å². The molecular weight excluding hydrogens is 596 g/mol. The Morgan fingerprint density at radius 1 is 0.702 bits per heavy atom. The summed E-state index contributed by atoms with van der Waals surface area (Å²) in [6.45, 7) is 1.70. The number of methoxy groups -OCH3 is 5. The van der Waals surface area contributed by atoms with Crippen molar-refractivity contribution in [3.05, 3.63) is 88.0 Å². The average Bonchev–Trinajstić information content (AvgIpc) is 3.09. The lowest BCUT2D eigenvalue weighted by Crippen LogP contribution is -2.34. The summed E-state index contributed by atoms with van der Waals surface area (Å²) >= 11 is 0. The SMILES string of the molecule is COc1ccc2cc1Oc1ccc(cc1)C[C@H]1NCCc3cc(OC)c(cc31)Oc1c(OC)c(OC)c(OC)c3c1[C@@H](C2)N(C)CC3. The number of fused-ring (bicyclic) bond motifs is 2. The van der Waals surface area contributed by atoms with Crippen molar-refractivity contribution in [2.45, 2.75) is 37.8 Å². The first-order chi connectivity index (χ1) is 23.0. The third kappa shape index (κ3) is 5.57. The van der Waals surface area contributed by atoms with Gasteiger partial charge in [0.05, 0.1) is 35.5 Å². The number of likely N-dealkylation sites (N-methyl/N-ethyl adjacent to an activating group) is 1. The van der Waals surface area contributed by atoms with Crippen LogP contribution in [0.15, 0.2) is 54.6 Å². The molecule has 2 atom stereocenters. The molecule has 0 aliphatic carbocycles. The molecule has 0 unspecified atom stereocenters. The van der Waals surface area contributed by atoms with Crippen molar-refractivity contribution in [1.29, 1.82) is 0 Å². The maximum atomic E-state index is 7.03. The Balaban J connectivity index is 1.49. The molecule has 4 aliphatic heterocycles. The van der Waals surface area contributed by atoms with Gasteiger partial charge in [-0.25, -0.2) is 0 Å². The number of nitrogens with one attached hydrogen (secondary N) is 1. The van der Waals surface area contributed by atoms with Crippen molar-refractivity contribution < 1.29 is 33.2 Å². The van der Waals surface area contributed by atoms with Crippen molar-refractivity contribution in [2.24, 2.45) is 0 Å². The highest BCUT2D eigenvalue weighted by Gasteiger charge is 2.37. The van der Waals surface area contributed by atoms with Gasteiger partial charge >= 0.3 is 0 Å². The molecular formula is C38H42N2O7. The number of hydrogen-bond donors (Lipinski definition) is 1. The van der Waals surface area contributed by atoms with Gasteiger partial charge in [-0.3, -0.25) is 4.90 Å². The van der Waals surface area contributed by atoms with Gasteiger partial charge in [0.25, 0.3) is 0 Å². The molecule has 0 aromatic heterocycles. The average molecular weight is 639 g/mol. The van der Waals surface area contributed by atoms with Crippen LogP contribution in [-0.4, -0.2) is 60.6 Å². The molecule has 4 aliphatic rings. The molecule has 246 valence electrons. The zero-order valence-corrected chi connectivity index (χ0v) is 27.9. The first-order valence-corrected chi connectivity index (χ1v) is 16.1. The van der Waals surface area contributed by atoms with Crippen LogP contribution < -0.4 is 38.5 Å². The summed E-state index contributed by atoms with van der Waals surface area (Å²) in [5, 5.41) is 3.74. The number of ether oxygens (including phenoxy) is 7. The fourth-order valence-electron chi connectivity index (χ4n) is 7.32. The Kier molecular flexibility index (Phi) is 8.51. The minimum absolute atomic E-state index is 0.0834. The molecule has 47 heavy (non-hydrogen) atoms. The Bertz CT molecular complexity index is 1790. The molecule has 0 radical (unpaired) electrons. The molecule has 4 aromatic rings. The lowest BCUT2D eigenvalue weighted by molar-refractivity contribution is 0.216. The highest BCUT2D eigenvalue weighted by atomic mass is 16.6. The molecule has 0 fully saturated rings. The van der Waals surface area contributed by atoms with Crippen LogP contribution in [-0.2, 0) is 25.7 Å². The second kappa shape index (κ2) is 12.9. The third-order valence-electron chi connectivity index (χ3n) is 9.70. The molecule has 9 heteroatoms. The summed E-state index contributed by atoms with van der Waals surface area (Å²) in [5.41, 5.74) is 6.76. The highest BCUT2D eigenvalue weighted by Crippen LogP contribution is 2.56. The maximum absolute atomic E-state index is 7.03. The van der Waals surface area contributed by atoms with Crippen molar-refractivity contribution in [2.75, 3.05) is 55.7 Å². The standard InChI is InChI=1S/C38H42N2O7/c1-40-16-14-26-34-29(40)18-23-9-12-30(41-2)32(19-23)46-25-10-7-22(8-11-25)17-28-27-21-33(31(42-3)20-24(27)13-15-39-28)47-36(34)38(45-6)37(44-5)35(26)43-4/h7-12,19-21,28-29,39H,13-18H2,1-6H3/t28-,29-/m1/s1.